The highest BCUT2D eigenvalue weighted by Crippen LogP contribution is 2.21. The number of benzene rings is 1. The van der Waals surface area contributed by atoms with Crippen molar-refractivity contribution >= 4 is 11.7 Å². The highest BCUT2D eigenvalue weighted by atomic mass is 19.1. The lowest BCUT2D eigenvalue weighted by Gasteiger charge is -2.20. The van der Waals surface area contributed by atoms with Crippen LogP contribution in [0.15, 0.2) is 18.2 Å². The second-order valence-electron chi connectivity index (χ2n) is 5.10. The minimum Gasteiger partial charge on any atom is -0.465 e. The van der Waals surface area contributed by atoms with Gasteiger partial charge in [0.2, 0.25) is 0 Å². The van der Waals surface area contributed by atoms with E-state index in [-0.39, 0.29) is 11.2 Å². The van der Waals surface area contributed by atoms with E-state index in [0.717, 1.165) is 0 Å². The first-order valence-corrected chi connectivity index (χ1v) is 5.45. The molecule has 1 aromatic rings. The van der Waals surface area contributed by atoms with Crippen molar-refractivity contribution in [3.63, 3.8) is 0 Å². The molecular weight excluding hydrogens is 221 g/mol. The van der Waals surface area contributed by atoms with Gasteiger partial charge in [-0.1, -0.05) is 20.8 Å². The summed E-state index contributed by atoms with van der Waals surface area (Å²) in [5.74, 6) is -0.851. The summed E-state index contributed by atoms with van der Waals surface area (Å²) in [6.07, 6.45) is 0. The SMILES string of the molecule is COC(=O)c1ccc(F)cc1NCC(C)(C)C. The van der Waals surface area contributed by atoms with Gasteiger partial charge in [0.05, 0.1) is 18.4 Å². The summed E-state index contributed by atoms with van der Waals surface area (Å²) >= 11 is 0. The second kappa shape index (κ2) is 5.17. The number of carbonyl (C=O) groups excluding carboxylic acids is 1. The van der Waals surface area contributed by atoms with Crippen LogP contribution in [-0.4, -0.2) is 19.6 Å². The molecule has 0 saturated carbocycles. The molecule has 0 aliphatic carbocycles. The zero-order valence-electron chi connectivity index (χ0n) is 10.6. The Kier molecular flexibility index (Phi) is 4.10. The molecule has 0 amide bonds. The van der Waals surface area contributed by atoms with Crippen LogP contribution in [-0.2, 0) is 4.74 Å². The molecule has 0 bridgehead atoms. The van der Waals surface area contributed by atoms with E-state index in [2.05, 4.69) is 30.8 Å². The molecule has 0 aromatic heterocycles. The number of carbonyl (C=O) groups is 1. The topological polar surface area (TPSA) is 38.3 Å². The molecule has 0 atom stereocenters. The normalized spacial score (nSPS) is 11.1. The fourth-order valence-electron chi connectivity index (χ4n) is 1.31. The Morgan fingerprint density at radius 3 is 2.59 bits per heavy atom. The summed E-state index contributed by atoms with van der Waals surface area (Å²) in [7, 11) is 1.30. The van der Waals surface area contributed by atoms with Crippen LogP contribution in [0.1, 0.15) is 31.1 Å². The molecular formula is C13H18FNO2. The Bertz CT molecular complexity index is 410. The van der Waals surface area contributed by atoms with Crippen molar-refractivity contribution in [3.8, 4) is 0 Å². The predicted molar refractivity (Wildman–Crippen MR) is 65.7 cm³/mol. The Labute approximate surface area is 101 Å². The van der Waals surface area contributed by atoms with Crippen molar-refractivity contribution in [2.75, 3.05) is 19.0 Å². The molecule has 1 aromatic carbocycles. The quantitative estimate of drug-likeness (QED) is 0.824. The number of nitrogens with one attached hydrogen (secondary N) is 1. The lowest BCUT2D eigenvalue weighted by Crippen LogP contribution is -2.20. The van der Waals surface area contributed by atoms with Crippen molar-refractivity contribution in [2.24, 2.45) is 5.41 Å². The van der Waals surface area contributed by atoms with Gasteiger partial charge in [0.15, 0.2) is 0 Å². The molecule has 17 heavy (non-hydrogen) atoms. The summed E-state index contributed by atoms with van der Waals surface area (Å²) in [5, 5.41) is 3.07. The van der Waals surface area contributed by atoms with Crippen LogP contribution in [0, 0.1) is 11.2 Å². The fraction of sp³-hybridized carbons (Fsp3) is 0.462. The summed E-state index contributed by atoms with van der Waals surface area (Å²) in [6.45, 7) is 6.80. The van der Waals surface area contributed by atoms with E-state index >= 15 is 0 Å². The van der Waals surface area contributed by atoms with Gasteiger partial charge >= 0.3 is 5.97 Å². The van der Waals surface area contributed by atoms with E-state index in [0.29, 0.717) is 17.8 Å². The zero-order chi connectivity index (χ0) is 13.1. The van der Waals surface area contributed by atoms with Gasteiger partial charge in [-0.15, -0.1) is 0 Å². The van der Waals surface area contributed by atoms with Crippen molar-refractivity contribution in [2.45, 2.75) is 20.8 Å². The molecule has 0 heterocycles. The monoisotopic (exact) mass is 239 g/mol. The third-order valence-electron chi connectivity index (χ3n) is 2.20. The van der Waals surface area contributed by atoms with Crippen LogP contribution in [0.25, 0.3) is 0 Å². The molecule has 1 rings (SSSR count). The van der Waals surface area contributed by atoms with E-state index in [1.165, 1.54) is 25.3 Å². The number of rotatable bonds is 3. The first-order chi connectivity index (χ1) is 7.83. The maximum atomic E-state index is 13.1. The summed E-state index contributed by atoms with van der Waals surface area (Å²) < 4.78 is 17.8. The van der Waals surface area contributed by atoms with Crippen LogP contribution in [0.5, 0.6) is 0 Å². The van der Waals surface area contributed by atoms with Gasteiger partial charge in [0, 0.05) is 6.54 Å². The fourth-order valence-corrected chi connectivity index (χ4v) is 1.31. The molecule has 0 radical (unpaired) electrons. The molecule has 0 aliphatic rings. The van der Waals surface area contributed by atoms with Gasteiger partial charge in [-0.25, -0.2) is 9.18 Å². The molecule has 0 saturated heterocycles. The van der Waals surface area contributed by atoms with Gasteiger partial charge in [-0.05, 0) is 23.6 Å². The summed E-state index contributed by atoms with van der Waals surface area (Å²) in [5.41, 5.74) is 0.851. The number of halogens is 1. The lowest BCUT2D eigenvalue weighted by molar-refractivity contribution is 0.0601. The maximum absolute atomic E-state index is 13.1. The van der Waals surface area contributed by atoms with Crippen LogP contribution >= 0.6 is 0 Å². The molecule has 0 spiro atoms. The van der Waals surface area contributed by atoms with Crippen LogP contribution < -0.4 is 5.32 Å². The molecule has 0 unspecified atom stereocenters. The van der Waals surface area contributed by atoms with E-state index in [9.17, 15) is 9.18 Å². The van der Waals surface area contributed by atoms with Crippen LogP contribution in [0.4, 0.5) is 10.1 Å². The van der Waals surface area contributed by atoms with Crippen molar-refractivity contribution in [3.05, 3.63) is 29.6 Å². The Morgan fingerprint density at radius 1 is 1.41 bits per heavy atom. The molecule has 4 heteroatoms. The minimum absolute atomic E-state index is 0.0414. The van der Waals surface area contributed by atoms with Gasteiger partial charge in [-0.2, -0.15) is 0 Å². The standard InChI is InChI=1S/C13H18FNO2/c1-13(2,3)8-15-11-7-9(14)5-6-10(11)12(16)17-4/h5-7,15H,8H2,1-4H3. The minimum atomic E-state index is -0.471. The molecule has 1 N–H and O–H groups in total. The first kappa shape index (κ1) is 13.5. The zero-order valence-corrected chi connectivity index (χ0v) is 10.6. The number of hydrogen-bond acceptors (Lipinski definition) is 3. The van der Waals surface area contributed by atoms with Crippen LogP contribution in [0.3, 0.4) is 0 Å². The summed E-state index contributed by atoms with van der Waals surface area (Å²) in [6, 6.07) is 3.97. The van der Waals surface area contributed by atoms with Gasteiger partial charge in [0.1, 0.15) is 5.82 Å². The third kappa shape index (κ3) is 4.06. The number of anilines is 1. The Balaban J connectivity index is 2.95. The maximum Gasteiger partial charge on any atom is 0.339 e. The number of hydrogen-bond donors (Lipinski definition) is 1. The van der Waals surface area contributed by atoms with Crippen molar-refractivity contribution in [1.29, 1.82) is 0 Å². The first-order valence-electron chi connectivity index (χ1n) is 5.45. The van der Waals surface area contributed by atoms with Gasteiger partial charge in [-0.3, -0.25) is 0 Å². The van der Waals surface area contributed by atoms with E-state index < -0.39 is 5.97 Å². The molecule has 0 aliphatic heterocycles. The average molecular weight is 239 g/mol. The number of methoxy groups -OCH3 is 1. The predicted octanol–water partition coefficient (Wildman–Crippen LogP) is 3.07. The van der Waals surface area contributed by atoms with Gasteiger partial charge < -0.3 is 10.1 Å². The van der Waals surface area contributed by atoms with Crippen molar-refractivity contribution < 1.29 is 13.9 Å². The molecule has 0 fully saturated rings. The van der Waals surface area contributed by atoms with Crippen LogP contribution in [0.2, 0.25) is 0 Å². The number of esters is 1. The van der Waals surface area contributed by atoms with E-state index in [4.69, 9.17) is 0 Å². The Hall–Kier alpha value is -1.58. The highest BCUT2D eigenvalue weighted by molar-refractivity contribution is 5.95. The lowest BCUT2D eigenvalue weighted by atomic mass is 9.96. The van der Waals surface area contributed by atoms with E-state index in [1.54, 1.807) is 0 Å². The van der Waals surface area contributed by atoms with E-state index in [1.807, 2.05) is 0 Å². The molecule has 94 valence electrons. The van der Waals surface area contributed by atoms with Gasteiger partial charge in [0.25, 0.3) is 0 Å². The molecule has 3 nitrogen and oxygen atoms in total. The van der Waals surface area contributed by atoms with Crippen molar-refractivity contribution in [1.82, 2.24) is 0 Å². The third-order valence-corrected chi connectivity index (χ3v) is 2.20. The number of ether oxygens (including phenoxy) is 1. The Morgan fingerprint density at radius 2 is 2.06 bits per heavy atom. The average Bonchev–Trinajstić information content (AvgIpc) is 2.24. The second-order valence-corrected chi connectivity index (χ2v) is 5.10. The largest absolute Gasteiger partial charge is 0.465 e. The smallest absolute Gasteiger partial charge is 0.339 e. The highest BCUT2D eigenvalue weighted by Gasteiger charge is 2.15. The summed E-state index contributed by atoms with van der Waals surface area (Å²) in [4.78, 5) is 11.5.